The van der Waals surface area contributed by atoms with Crippen molar-refractivity contribution in [1.82, 2.24) is 15.0 Å². The smallest absolute Gasteiger partial charge is 0.307 e. The van der Waals surface area contributed by atoms with Gasteiger partial charge in [0.2, 0.25) is 0 Å². The number of carbonyl (C=O) groups is 1. The van der Waals surface area contributed by atoms with E-state index in [1.807, 2.05) is 61.5 Å². The van der Waals surface area contributed by atoms with Crippen molar-refractivity contribution in [2.75, 3.05) is 0 Å². The summed E-state index contributed by atoms with van der Waals surface area (Å²) in [6.07, 6.45) is 3.28. The van der Waals surface area contributed by atoms with Gasteiger partial charge in [-0.05, 0) is 71.5 Å². The van der Waals surface area contributed by atoms with Gasteiger partial charge in [0.05, 0.1) is 22.3 Å². The number of fused-ring (bicyclic) bond motifs is 2. The number of carboxylic acid groups (broad SMARTS) is 1. The lowest BCUT2D eigenvalue weighted by atomic mass is 9.93. The van der Waals surface area contributed by atoms with Crippen molar-refractivity contribution in [3.05, 3.63) is 106 Å². The molecule has 0 saturated heterocycles. The summed E-state index contributed by atoms with van der Waals surface area (Å²) in [7, 11) is 0. The minimum Gasteiger partial charge on any atom is -0.481 e. The fourth-order valence-electron chi connectivity index (χ4n) is 4.72. The summed E-state index contributed by atoms with van der Waals surface area (Å²) >= 11 is 7.65. The first-order valence-electron chi connectivity index (χ1n) is 11.9. The summed E-state index contributed by atoms with van der Waals surface area (Å²) in [5, 5.41) is 12.5. The molecule has 0 fully saturated rings. The average Bonchev–Trinajstić information content (AvgIpc) is 3.33. The number of halogens is 1. The molecule has 0 aliphatic heterocycles. The zero-order valence-corrected chi connectivity index (χ0v) is 21.7. The van der Waals surface area contributed by atoms with Gasteiger partial charge in [-0.25, -0.2) is 4.98 Å². The number of nitrogens with zero attached hydrogens (tertiary/aromatic N) is 2. The van der Waals surface area contributed by atoms with Crippen molar-refractivity contribution in [1.29, 1.82) is 0 Å². The van der Waals surface area contributed by atoms with Crippen LogP contribution >= 0.6 is 22.9 Å². The second kappa shape index (κ2) is 9.52. The van der Waals surface area contributed by atoms with Gasteiger partial charge in [0.15, 0.2) is 0 Å². The molecular formula is C30H20ClN3O3S. The number of aliphatic carboxylic acids is 1. The molecule has 0 saturated carbocycles. The van der Waals surface area contributed by atoms with Crippen LogP contribution in [0.2, 0.25) is 5.02 Å². The molecule has 6 aromatic rings. The number of hydrogen-bond acceptors (Lipinski definition) is 5. The number of hydrogen-bond donors (Lipinski definition) is 2. The first-order chi connectivity index (χ1) is 18.4. The van der Waals surface area contributed by atoms with Gasteiger partial charge in [-0.1, -0.05) is 35.9 Å². The van der Waals surface area contributed by atoms with Crippen molar-refractivity contribution in [3.8, 4) is 33.0 Å². The van der Waals surface area contributed by atoms with E-state index in [-0.39, 0.29) is 12.0 Å². The predicted molar refractivity (Wildman–Crippen MR) is 153 cm³/mol. The highest BCUT2D eigenvalue weighted by molar-refractivity contribution is 7.22. The largest absolute Gasteiger partial charge is 0.481 e. The molecule has 38 heavy (non-hydrogen) atoms. The second-order valence-electron chi connectivity index (χ2n) is 9.03. The van der Waals surface area contributed by atoms with Crippen LogP contribution in [0.25, 0.3) is 53.9 Å². The average molecular weight is 538 g/mol. The molecule has 0 unspecified atom stereocenters. The van der Waals surface area contributed by atoms with Crippen LogP contribution in [0.5, 0.6) is 0 Å². The number of H-pyrrole nitrogens is 1. The van der Waals surface area contributed by atoms with Crippen LogP contribution in [0, 0.1) is 6.92 Å². The molecule has 186 valence electrons. The van der Waals surface area contributed by atoms with Gasteiger partial charge >= 0.3 is 5.97 Å². The van der Waals surface area contributed by atoms with Crippen LogP contribution in [0.4, 0.5) is 0 Å². The lowest BCUT2D eigenvalue weighted by Gasteiger charge is -2.13. The van der Waals surface area contributed by atoms with Gasteiger partial charge in [-0.15, -0.1) is 11.3 Å². The van der Waals surface area contributed by atoms with E-state index in [2.05, 4.69) is 9.97 Å². The van der Waals surface area contributed by atoms with Gasteiger partial charge in [-0.3, -0.25) is 14.6 Å². The topological polar surface area (TPSA) is 95.9 Å². The number of thiazole rings is 1. The summed E-state index contributed by atoms with van der Waals surface area (Å²) in [5.41, 5.74) is 6.50. The second-order valence-corrected chi connectivity index (χ2v) is 10.5. The molecule has 6 rings (SSSR count). The fraction of sp³-hybridized carbons (Fsp3) is 0.0667. The van der Waals surface area contributed by atoms with E-state index in [0.29, 0.717) is 10.4 Å². The predicted octanol–water partition coefficient (Wildman–Crippen LogP) is 7.12. The SMILES string of the molecule is Cc1cc2nc(-c3ccnc(-c4ccc5cc[nH]c(=O)c5c4)c3)sc2c(-c2ccc(Cl)cc2)c1CC(=O)O. The normalized spacial score (nSPS) is 11.3. The van der Waals surface area contributed by atoms with E-state index >= 15 is 0 Å². The van der Waals surface area contributed by atoms with Crippen molar-refractivity contribution in [2.45, 2.75) is 13.3 Å². The lowest BCUT2D eigenvalue weighted by molar-refractivity contribution is -0.136. The minimum atomic E-state index is -0.889. The van der Waals surface area contributed by atoms with Crippen LogP contribution in [0.15, 0.2) is 83.9 Å². The standard InChI is InChI=1S/C30H20ClN3O3S/c1-16-12-25-28(27(22(16)15-26(35)36)18-4-6-21(31)7-5-18)38-30(34-25)20-9-10-32-24(14-20)19-3-2-17-8-11-33-29(37)23(17)13-19/h2-14H,15H2,1H3,(H,33,37)(H,35,36). The summed E-state index contributed by atoms with van der Waals surface area (Å²) < 4.78 is 0.916. The van der Waals surface area contributed by atoms with E-state index < -0.39 is 5.97 Å². The molecule has 3 heterocycles. The molecule has 3 aromatic heterocycles. The van der Waals surface area contributed by atoms with E-state index in [9.17, 15) is 14.7 Å². The highest BCUT2D eigenvalue weighted by Gasteiger charge is 2.20. The zero-order chi connectivity index (χ0) is 26.4. The van der Waals surface area contributed by atoms with Gasteiger partial charge in [0.1, 0.15) is 5.01 Å². The van der Waals surface area contributed by atoms with Crippen LogP contribution < -0.4 is 5.56 Å². The molecule has 0 spiro atoms. The maximum Gasteiger partial charge on any atom is 0.307 e. The van der Waals surface area contributed by atoms with E-state index in [1.165, 1.54) is 11.3 Å². The summed E-state index contributed by atoms with van der Waals surface area (Å²) in [6.45, 7) is 1.92. The Morgan fingerprint density at radius 1 is 1.00 bits per heavy atom. The molecular weight excluding hydrogens is 518 g/mol. The van der Waals surface area contributed by atoms with Gasteiger partial charge in [0, 0.05) is 39.5 Å². The van der Waals surface area contributed by atoms with Crippen LogP contribution in [0.3, 0.4) is 0 Å². The maximum atomic E-state index is 12.3. The van der Waals surface area contributed by atoms with Crippen molar-refractivity contribution in [3.63, 3.8) is 0 Å². The molecule has 0 amide bonds. The molecule has 0 atom stereocenters. The maximum absolute atomic E-state index is 12.3. The summed E-state index contributed by atoms with van der Waals surface area (Å²) in [4.78, 5) is 36.2. The highest BCUT2D eigenvalue weighted by atomic mass is 35.5. The Kier molecular flexibility index (Phi) is 6.02. The van der Waals surface area contributed by atoms with Gasteiger partial charge in [0.25, 0.3) is 5.56 Å². The Bertz CT molecular complexity index is 1930. The van der Waals surface area contributed by atoms with Gasteiger partial charge in [-0.2, -0.15) is 0 Å². The number of carboxylic acids is 1. The Labute approximate surface area is 226 Å². The van der Waals surface area contributed by atoms with Crippen molar-refractivity contribution < 1.29 is 9.90 Å². The zero-order valence-electron chi connectivity index (χ0n) is 20.2. The molecule has 6 nitrogen and oxygen atoms in total. The Balaban J connectivity index is 1.51. The molecule has 0 aliphatic carbocycles. The summed E-state index contributed by atoms with van der Waals surface area (Å²) in [5.74, 6) is -0.889. The highest BCUT2D eigenvalue weighted by Crippen LogP contribution is 2.41. The van der Waals surface area contributed by atoms with Crippen LogP contribution in [-0.2, 0) is 11.2 Å². The van der Waals surface area contributed by atoms with E-state index in [4.69, 9.17) is 16.6 Å². The molecule has 0 bridgehead atoms. The lowest BCUT2D eigenvalue weighted by Crippen LogP contribution is -2.04. The fourth-order valence-corrected chi connectivity index (χ4v) is 5.98. The molecule has 2 N–H and O–H groups in total. The number of rotatable bonds is 5. The van der Waals surface area contributed by atoms with Crippen molar-refractivity contribution >= 4 is 49.9 Å². The molecule has 0 aliphatic rings. The monoisotopic (exact) mass is 537 g/mol. The van der Waals surface area contributed by atoms with Crippen molar-refractivity contribution in [2.24, 2.45) is 0 Å². The number of aryl methyl sites for hydroxylation is 1. The quantitative estimate of drug-likeness (QED) is 0.244. The number of aromatic nitrogens is 3. The number of pyridine rings is 2. The third-order valence-corrected chi connectivity index (χ3v) is 7.94. The van der Waals surface area contributed by atoms with Crippen LogP contribution in [0.1, 0.15) is 11.1 Å². The van der Waals surface area contributed by atoms with Gasteiger partial charge < -0.3 is 10.1 Å². The van der Waals surface area contributed by atoms with E-state index in [0.717, 1.165) is 59.7 Å². The number of nitrogens with one attached hydrogen (secondary N) is 1. The third-order valence-electron chi connectivity index (χ3n) is 6.55. The number of aromatic amines is 1. The third kappa shape index (κ3) is 4.36. The minimum absolute atomic E-state index is 0.0898. The van der Waals surface area contributed by atoms with E-state index in [1.54, 1.807) is 24.5 Å². The Hall–Kier alpha value is -4.33. The molecule has 3 aromatic carbocycles. The molecule has 8 heteroatoms. The summed E-state index contributed by atoms with van der Waals surface area (Å²) in [6, 6.07) is 20.8. The Morgan fingerprint density at radius 3 is 2.58 bits per heavy atom. The number of benzene rings is 3. The Morgan fingerprint density at radius 2 is 1.79 bits per heavy atom. The first kappa shape index (κ1) is 24.0. The first-order valence-corrected chi connectivity index (χ1v) is 13.1. The molecule has 0 radical (unpaired) electrons. The van der Waals surface area contributed by atoms with Crippen LogP contribution in [-0.4, -0.2) is 26.0 Å².